The normalized spacial score (nSPS) is 23.1. The zero-order valence-electron chi connectivity index (χ0n) is 29.4. The number of imide groups is 1. The monoisotopic (exact) mass is 666 g/mol. The largest absolute Gasteiger partial charge is 0.363 e. The number of nitrogens with zero attached hydrogens (tertiary/aromatic N) is 2. The quantitative estimate of drug-likeness (QED) is 0.206. The number of Topliss-reactive ketones (excluding diaryl/α,β-unsaturated/α-hetero) is 1. The minimum atomic E-state index is -1.14. The van der Waals surface area contributed by atoms with E-state index in [-0.39, 0.29) is 36.8 Å². The highest BCUT2D eigenvalue weighted by Gasteiger charge is 2.70. The average Bonchev–Trinajstić information content (AvgIpc) is 3.25. The molecule has 2 aliphatic heterocycles. The summed E-state index contributed by atoms with van der Waals surface area (Å²) in [4.78, 5) is 94.6. The van der Waals surface area contributed by atoms with E-state index in [2.05, 4.69) is 16.0 Å². The highest BCUT2D eigenvalue weighted by molar-refractivity contribution is 6.37. The number of fused-ring (bicyclic) bond motifs is 2. The number of primary amides is 1. The molecule has 2 unspecified atom stereocenters. The van der Waals surface area contributed by atoms with Gasteiger partial charge in [-0.2, -0.15) is 0 Å². The smallest absolute Gasteiger partial charge is 0.315 e. The van der Waals surface area contributed by atoms with Gasteiger partial charge in [0.2, 0.25) is 17.6 Å². The summed E-state index contributed by atoms with van der Waals surface area (Å²) < 4.78 is 0. The number of hydrogen-bond donors (Lipinski definition) is 4. The molecule has 3 aliphatic rings. The summed E-state index contributed by atoms with van der Waals surface area (Å²) in [6.07, 6.45) is 0.732. The van der Waals surface area contributed by atoms with E-state index in [1.54, 1.807) is 45.0 Å². The fourth-order valence-electron chi connectivity index (χ4n) is 7.07. The summed E-state index contributed by atoms with van der Waals surface area (Å²) in [5.41, 5.74) is 4.26. The molecular weight excluding hydrogens is 616 g/mol. The molecule has 2 fully saturated rings. The van der Waals surface area contributed by atoms with Crippen LogP contribution in [0.2, 0.25) is 0 Å². The fraction of sp³-hybridized carbons (Fsp3) is 0.629. The Morgan fingerprint density at radius 2 is 1.48 bits per heavy atom. The van der Waals surface area contributed by atoms with Gasteiger partial charge in [-0.05, 0) is 46.6 Å². The third kappa shape index (κ3) is 6.95. The Morgan fingerprint density at radius 3 is 1.96 bits per heavy atom. The third-order valence-corrected chi connectivity index (χ3v) is 10.2. The second-order valence-corrected chi connectivity index (χ2v) is 16.1. The van der Waals surface area contributed by atoms with Gasteiger partial charge in [0.15, 0.2) is 0 Å². The molecule has 1 aliphatic carbocycles. The Morgan fingerprint density at radius 1 is 0.917 bits per heavy atom. The lowest BCUT2D eigenvalue weighted by molar-refractivity contribution is -0.145. The first kappa shape index (κ1) is 36.5. The number of urea groups is 1. The SMILES string of the molecule is CCCC(NC(=O)C1[C@@H]2[C@H](CN1C(=O)[C@@H](NC(=O)N[C@H](CN1C(=O)c3ccccc3C1=O)C(C)(C)C)C(C)(C)C)C2(C)C)C(=O)C(N)=O. The number of piperidine rings is 1. The summed E-state index contributed by atoms with van der Waals surface area (Å²) in [6, 6.07) is 2.15. The molecule has 7 amide bonds. The van der Waals surface area contributed by atoms with Crippen molar-refractivity contribution in [2.75, 3.05) is 13.1 Å². The van der Waals surface area contributed by atoms with Gasteiger partial charge in [-0.1, -0.05) is 80.9 Å². The molecule has 6 atom stereocenters. The van der Waals surface area contributed by atoms with Crippen LogP contribution in [0.4, 0.5) is 4.79 Å². The van der Waals surface area contributed by atoms with Gasteiger partial charge in [-0.15, -0.1) is 0 Å². The van der Waals surface area contributed by atoms with Gasteiger partial charge in [-0.3, -0.25) is 33.7 Å². The molecule has 0 spiro atoms. The van der Waals surface area contributed by atoms with Gasteiger partial charge in [0.1, 0.15) is 12.1 Å². The molecule has 262 valence electrons. The number of amides is 7. The van der Waals surface area contributed by atoms with Crippen LogP contribution in [-0.4, -0.2) is 88.4 Å². The van der Waals surface area contributed by atoms with E-state index in [1.165, 1.54) is 4.90 Å². The van der Waals surface area contributed by atoms with Crippen molar-refractivity contribution < 1.29 is 33.6 Å². The van der Waals surface area contributed by atoms with Crippen molar-refractivity contribution >= 4 is 41.4 Å². The summed E-state index contributed by atoms with van der Waals surface area (Å²) in [5.74, 6) is -4.05. The van der Waals surface area contributed by atoms with E-state index in [0.717, 1.165) is 4.90 Å². The van der Waals surface area contributed by atoms with Crippen molar-refractivity contribution in [2.24, 2.45) is 33.8 Å². The Bertz CT molecular complexity index is 1490. The first-order valence-corrected chi connectivity index (χ1v) is 16.6. The Kier molecular flexibility index (Phi) is 9.87. The lowest BCUT2D eigenvalue weighted by Gasteiger charge is -2.39. The van der Waals surface area contributed by atoms with Crippen molar-refractivity contribution in [2.45, 2.75) is 99.3 Å². The van der Waals surface area contributed by atoms with Crippen LogP contribution in [0.25, 0.3) is 0 Å². The lowest BCUT2D eigenvalue weighted by Crippen LogP contribution is -2.62. The van der Waals surface area contributed by atoms with E-state index in [1.807, 2.05) is 41.5 Å². The highest BCUT2D eigenvalue weighted by Crippen LogP contribution is 2.65. The second-order valence-electron chi connectivity index (χ2n) is 16.1. The maximum absolute atomic E-state index is 14.3. The van der Waals surface area contributed by atoms with Gasteiger partial charge in [0, 0.05) is 6.54 Å². The van der Waals surface area contributed by atoms with Gasteiger partial charge in [0.25, 0.3) is 17.7 Å². The number of ketones is 1. The molecule has 48 heavy (non-hydrogen) atoms. The van der Waals surface area contributed by atoms with E-state index >= 15 is 0 Å². The zero-order valence-corrected chi connectivity index (χ0v) is 29.4. The lowest BCUT2D eigenvalue weighted by atomic mass is 9.85. The van der Waals surface area contributed by atoms with Gasteiger partial charge < -0.3 is 26.6 Å². The zero-order chi connectivity index (χ0) is 36.1. The number of carbonyl (C=O) groups excluding carboxylic acids is 7. The number of rotatable bonds is 11. The second kappa shape index (κ2) is 13.0. The van der Waals surface area contributed by atoms with E-state index in [0.29, 0.717) is 17.5 Å². The minimum absolute atomic E-state index is 0.0352. The molecule has 2 heterocycles. The van der Waals surface area contributed by atoms with E-state index in [4.69, 9.17) is 5.73 Å². The van der Waals surface area contributed by atoms with E-state index in [9.17, 15) is 33.6 Å². The van der Waals surface area contributed by atoms with Crippen LogP contribution in [-0.2, 0) is 19.2 Å². The predicted molar refractivity (Wildman–Crippen MR) is 177 cm³/mol. The highest BCUT2D eigenvalue weighted by atomic mass is 16.2. The molecule has 0 radical (unpaired) electrons. The Hall–Kier alpha value is -4.29. The molecule has 1 aromatic carbocycles. The molecule has 13 nitrogen and oxygen atoms in total. The van der Waals surface area contributed by atoms with Crippen LogP contribution < -0.4 is 21.7 Å². The van der Waals surface area contributed by atoms with Crippen LogP contribution in [0.1, 0.15) is 95.9 Å². The van der Waals surface area contributed by atoms with Crippen molar-refractivity contribution in [3.8, 4) is 0 Å². The maximum Gasteiger partial charge on any atom is 0.315 e. The molecule has 1 aromatic rings. The predicted octanol–water partition coefficient (Wildman–Crippen LogP) is 2.23. The first-order chi connectivity index (χ1) is 22.1. The molecular formula is C35H50N6O7. The molecule has 0 bridgehead atoms. The van der Waals surface area contributed by atoms with Gasteiger partial charge >= 0.3 is 6.03 Å². The Labute approximate surface area is 282 Å². The number of benzene rings is 1. The van der Waals surface area contributed by atoms with Gasteiger partial charge in [0.05, 0.1) is 29.8 Å². The van der Waals surface area contributed by atoms with Crippen LogP contribution in [0.5, 0.6) is 0 Å². The van der Waals surface area contributed by atoms with Crippen LogP contribution >= 0.6 is 0 Å². The summed E-state index contributed by atoms with van der Waals surface area (Å²) in [7, 11) is 0. The number of hydrogen-bond acceptors (Lipinski definition) is 7. The fourth-order valence-corrected chi connectivity index (χ4v) is 7.07. The van der Waals surface area contributed by atoms with E-state index < -0.39 is 76.3 Å². The standard InChI is InChI=1S/C35H50N6O7/c1-10-13-21(25(42)27(36)43)37-28(44)24-23-20(35(23,8)9)16-40(24)31(47)26(34(5,6)7)39-32(48)38-22(33(2,3)4)17-41-29(45)18-14-11-12-15-19(18)30(41)46/h11-12,14-15,20-24,26H,10,13,16-17H2,1-9H3,(H2,36,43)(H,37,44)(H2,38,39,48)/t20-,21?,22+,23-,24?,26+/m0/s1. The van der Waals surface area contributed by atoms with Crippen molar-refractivity contribution in [3.63, 3.8) is 0 Å². The molecule has 0 aromatic heterocycles. The molecule has 5 N–H and O–H groups in total. The average molecular weight is 667 g/mol. The summed E-state index contributed by atoms with van der Waals surface area (Å²) >= 11 is 0. The molecule has 1 saturated carbocycles. The topological polar surface area (TPSA) is 188 Å². The van der Waals surface area contributed by atoms with Crippen molar-refractivity contribution in [1.82, 2.24) is 25.8 Å². The number of nitrogens with one attached hydrogen (secondary N) is 3. The van der Waals surface area contributed by atoms with Crippen LogP contribution in [0.3, 0.4) is 0 Å². The van der Waals surface area contributed by atoms with Crippen molar-refractivity contribution in [3.05, 3.63) is 35.4 Å². The van der Waals surface area contributed by atoms with Crippen LogP contribution in [0, 0.1) is 28.1 Å². The summed E-state index contributed by atoms with van der Waals surface area (Å²) in [6.45, 7) is 17.1. The van der Waals surface area contributed by atoms with Crippen LogP contribution in [0.15, 0.2) is 24.3 Å². The molecule has 1 saturated heterocycles. The number of carbonyl (C=O) groups is 7. The minimum Gasteiger partial charge on any atom is -0.363 e. The Balaban J connectivity index is 1.53. The third-order valence-electron chi connectivity index (χ3n) is 10.2. The number of likely N-dealkylation sites (tertiary alicyclic amines) is 1. The first-order valence-electron chi connectivity index (χ1n) is 16.6. The van der Waals surface area contributed by atoms with Gasteiger partial charge in [-0.25, -0.2) is 4.79 Å². The number of nitrogens with two attached hydrogens (primary N) is 1. The maximum atomic E-state index is 14.3. The summed E-state index contributed by atoms with van der Waals surface area (Å²) in [5, 5.41) is 8.42. The van der Waals surface area contributed by atoms with Crippen molar-refractivity contribution in [1.29, 1.82) is 0 Å². The molecule has 13 heteroatoms. The molecule has 4 rings (SSSR count).